The summed E-state index contributed by atoms with van der Waals surface area (Å²) in [6, 6.07) is 0.301. The van der Waals surface area contributed by atoms with Gasteiger partial charge in [0.15, 0.2) is 0 Å². The summed E-state index contributed by atoms with van der Waals surface area (Å²) < 4.78 is 4.85. The van der Waals surface area contributed by atoms with Crippen molar-refractivity contribution in [3.05, 3.63) is 0 Å². The van der Waals surface area contributed by atoms with Crippen LogP contribution in [-0.4, -0.2) is 32.3 Å². The number of hydrogen-bond donors (Lipinski definition) is 2. The molecule has 0 atom stereocenters. The summed E-state index contributed by atoms with van der Waals surface area (Å²) in [7, 11) is 1.63. The van der Waals surface area contributed by atoms with Crippen molar-refractivity contribution < 1.29 is 9.53 Å². The summed E-state index contributed by atoms with van der Waals surface area (Å²) >= 11 is 0. The number of carbonyl (C=O) groups excluding carboxylic acids is 1. The highest BCUT2D eigenvalue weighted by atomic mass is 16.5. The third-order valence-corrected chi connectivity index (χ3v) is 2.94. The van der Waals surface area contributed by atoms with Gasteiger partial charge in [-0.3, -0.25) is 0 Å². The van der Waals surface area contributed by atoms with Crippen LogP contribution >= 0.6 is 0 Å². The maximum Gasteiger partial charge on any atom is 0.315 e. The molecule has 88 valence electrons. The molecule has 1 aliphatic rings. The molecule has 15 heavy (non-hydrogen) atoms. The lowest BCUT2D eigenvalue weighted by atomic mass is 9.87. The molecule has 0 aliphatic heterocycles. The van der Waals surface area contributed by atoms with Gasteiger partial charge in [0.2, 0.25) is 0 Å². The summed E-state index contributed by atoms with van der Waals surface area (Å²) in [5.74, 6) is 0.819. The quantitative estimate of drug-likeness (QED) is 0.697. The topological polar surface area (TPSA) is 50.4 Å². The Balaban J connectivity index is 2.09. The molecule has 0 bridgehead atoms. The third-order valence-electron chi connectivity index (χ3n) is 2.94. The highest BCUT2D eigenvalue weighted by molar-refractivity contribution is 5.74. The van der Waals surface area contributed by atoms with Crippen molar-refractivity contribution >= 4 is 6.03 Å². The number of carbonyl (C=O) groups is 1. The summed E-state index contributed by atoms with van der Waals surface area (Å²) in [4.78, 5) is 11.4. The monoisotopic (exact) mass is 214 g/mol. The van der Waals surface area contributed by atoms with E-state index in [-0.39, 0.29) is 6.03 Å². The van der Waals surface area contributed by atoms with E-state index in [1.807, 2.05) is 0 Å². The van der Waals surface area contributed by atoms with Gasteiger partial charge in [-0.05, 0) is 31.6 Å². The molecule has 0 radical (unpaired) electrons. The molecule has 1 fully saturated rings. The molecule has 0 aromatic rings. The molecule has 4 heteroatoms. The van der Waals surface area contributed by atoms with Crippen molar-refractivity contribution in [3.8, 4) is 0 Å². The summed E-state index contributed by atoms with van der Waals surface area (Å²) in [6.45, 7) is 3.41. The second-order valence-electron chi connectivity index (χ2n) is 4.35. The lowest BCUT2D eigenvalue weighted by Crippen LogP contribution is -2.44. The molecule has 1 saturated carbocycles. The molecular formula is C11H22N2O2. The van der Waals surface area contributed by atoms with Gasteiger partial charge in [0.1, 0.15) is 0 Å². The van der Waals surface area contributed by atoms with Crippen LogP contribution in [0.1, 0.15) is 32.6 Å². The van der Waals surface area contributed by atoms with E-state index < -0.39 is 0 Å². The van der Waals surface area contributed by atoms with Crippen LogP contribution in [0.5, 0.6) is 0 Å². The van der Waals surface area contributed by atoms with Crippen LogP contribution in [0.3, 0.4) is 0 Å². The van der Waals surface area contributed by atoms with E-state index in [0.29, 0.717) is 19.2 Å². The minimum atomic E-state index is -0.0633. The van der Waals surface area contributed by atoms with Gasteiger partial charge in [0.25, 0.3) is 0 Å². The second-order valence-corrected chi connectivity index (χ2v) is 4.35. The van der Waals surface area contributed by atoms with E-state index in [2.05, 4.69) is 17.6 Å². The van der Waals surface area contributed by atoms with Gasteiger partial charge in [0, 0.05) is 19.7 Å². The number of rotatable bonds is 4. The number of ether oxygens (including phenoxy) is 1. The fourth-order valence-corrected chi connectivity index (χ4v) is 1.91. The van der Waals surface area contributed by atoms with Crippen molar-refractivity contribution in [2.45, 2.75) is 38.6 Å². The first-order valence-electron chi connectivity index (χ1n) is 5.75. The maximum atomic E-state index is 11.4. The van der Waals surface area contributed by atoms with Gasteiger partial charge in [-0.25, -0.2) is 4.79 Å². The van der Waals surface area contributed by atoms with Gasteiger partial charge in [-0.15, -0.1) is 0 Å². The number of hydrogen-bond acceptors (Lipinski definition) is 2. The molecule has 1 rings (SSSR count). The molecule has 2 amide bonds. The SMILES string of the molecule is COCCNC(=O)NC1CCC(C)CC1. The standard InChI is InChI=1S/C11H22N2O2/c1-9-3-5-10(6-4-9)13-11(14)12-7-8-15-2/h9-10H,3-8H2,1-2H3,(H2,12,13,14). The Bertz CT molecular complexity index is 189. The van der Waals surface area contributed by atoms with Crippen LogP contribution in [0.25, 0.3) is 0 Å². The number of amides is 2. The average molecular weight is 214 g/mol. The zero-order chi connectivity index (χ0) is 11.1. The Kier molecular flexibility index (Phi) is 5.47. The molecule has 0 heterocycles. The molecule has 2 N–H and O–H groups in total. The molecule has 4 nitrogen and oxygen atoms in total. The second kappa shape index (κ2) is 6.67. The third kappa shape index (κ3) is 5.02. The number of urea groups is 1. The smallest absolute Gasteiger partial charge is 0.315 e. The largest absolute Gasteiger partial charge is 0.383 e. The summed E-state index contributed by atoms with van der Waals surface area (Å²) in [5.41, 5.74) is 0. The predicted octanol–water partition coefficient (Wildman–Crippen LogP) is 1.51. The van der Waals surface area contributed by atoms with Crippen LogP contribution in [0.15, 0.2) is 0 Å². The van der Waals surface area contributed by atoms with E-state index in [1.54, 1.807) is 7.11 Å². The van der Waals surface area contributed by atoms with Crippen molar-refractivity contribution in [2.75, 3.05) is 20.3 Å². The van der Waals surface area contributed by atoms with Crippen LogP contribution in [0.4, 0.5) is 4.79 Å². The van der Waals surface area contributed by atoms with E-state index in [4.69, 9.17) is 4.74 Å². The number of nitrogens with one attached hydrogen (secondary N) is 2. The van der Waals surface area contributed by atoms with Gasteiger partial charge >= 0.3 is 6.03 Å². The first-order valence-corrected chi connectivity index (χ1v) is 5.75. The Morgan fingerprint density at radius 1 is 1.33 bits per heavy atom. The van der Waals surface area contributed by atoms with Crippen molar-refractivity contribution in [1.82, 2.24) is 10.6 Å². The molecule has 0 aromatic heterocycles. The van der Waals surface area contributed by atoms with E-state index in [1.165, 1.54) is 12.8 Å². The Morgan fingerprint density at radius 2 is 2.00 bits per heavy atom. The van der Waals surface area contributed by atoms with Crippen molar-refractivity contribution in [2.24, 2.45) is 5.92 Å². The summed E-state index contributed by atoms with van der Waals surface area (Å²) in [6.07, 6.45) is 4.67. The van der Waals surface area contributed by atoms with E-state index >= 15 is 0 Å². The van der Waals surface area contributed by atoms with Crippen LogP contribution in [-0.2, 0) is 4.74 Å². The normalized spacial score (nSPS) is 26.0. The Morgan fingerprint density at radius 3 is 2.60 bits per heavy atom. The average Bonchev–Trinajstić information content (AvgIpc) is 2.22. The minimum absolute atomic E-state index is 0.0633. The fraction of sp³-hybridized carbons (Fsp3) is 0.909. The van der Waals surface area contributed by atoms with E-state index in [9.17, 15) is 4.79 Å². The van der Waals surface area contributed by atoms with Gasteiger partial charge in [0.05, 0.1) is 6.61 Å². The molecular weight excluding hydrogens is 192 g/mol. The lowest BCUT2D eigenvalue weighted by Gasteiger charge is -2.26. The predicted molar refractivity (Wildman–Crippen MR) is 59.8 cm³/mol. The van der Waals surface area contributed by atoms with Crippen LogP contribution in [0, 0.1) is 5.92 Å². The molecule has 0 unspecified atom stereocenters. The molecule has 0 spiro atoms. The van der Waals surface area contributed by atoms with Gasteiger partial charge in [-0.2, -0.15) is 0 Å². The number of methoxy groups -OCH3 is 1. The first-order chi connectivity index (χ1) is 7.22. The molecule has 0 saturated heterocycles. The summed E-state index contributed by atoms with van der Waals surface area (Å²) in [5, 5.41) is 5.76. The van der Waals surface area contributed by atoms with Gasteiger partial charge < -0.3 is 15.4 Å². The highest BCUT2D eigenvalue weighted by Crippen LogP contribution is 2.23. The van der Waals surface area contributed by atoms with E-state index in [0.717, 1.165) is 18.8 Å². The maximum absolute atomic E-state index is 11.4. The van der Waals surface area contributed by atoms with Crippen LogP contribution in [0.2, 0.25) is 0 Å². The molecule has 1 aliphatic carbocycles. The Hall–Kier alpha value is -0.770. The highest BCUT2D eigenvalue weighted by Gasteiger charge is 2.19. The zero-order valence-corrected chi connectivity index (χ0v) is 9.71. The Labute approximate surface area is 91.8 Å². The zero-order valence-electron chi connectivity index (χ0n) is 9.71. The minimum Gasteiger partial charge on any atom is -0.383 e. The lowest BCUT2D eigenvalue weighted by molar-refractivity contribution is 0.193. The van der Waals surface area contributed by atoms with Crippen molar-refractivity contribution in [3.63, 3.8) is 0 Å². The van der Waals surface area contributed by atoms with Crippen LogP contribution < -0.4 is 10.6 Å². The fourth-order valence-electron chi connectivity index (χ4n) is 1.91. The first kappa shape index (κ1) is 12.3. The van der Waals surface area contributed by atoms with Crippen molar-refractivity contribution in [1.29, 1.82) is 0 Å². The van der Waals surface area contributed by atoms with Gasteiger partial charge in [-0.1, -0.05) is 6.92 Å². The molecule has 0 aromatic carbocycles.